The minimum atomic E-state index is -1.25. The van der Waals surface area contributed by atoms with Crippen molar-refractivity contribution in [3.63, 3.8) is 0 Å². The number of anilines is 2. The fourth-order valence-electron chi connectivity index (χ4n) is 3.09. The van der Waals surface area contributed by atoms with Crippen LogP contribution in [0.5, 0.6) is 11.6 Å². The number of ether oxygens (including phenoxy) is 1. The first kappa shape index (κ1) is 20.2. The van der Waals surface area contributed by atoms with E-state index in [1.165, 1.54) is 23.5 Å². The van der Waals surface area contributed by atoms with E-state index < -0.39 is 17.2 Å². The molecule has 0 aliphatic rings. The van der Waals surface area contributed by atoms with Crippen LogP contribution in [0.2, 0.25) is 0 Å². The third-order valence-electron chi connectivity index (χ3n) is 4.53. The number of hydrogen-bond acceptors (Lipinski definition) is 7. The Bertz CT molecular complexity index is 1400. The number of benzene rings is 2. The molecule has 0 spiro atoms. The number of nitriles is 2. The van der Waals surface area contributed by atoms with Crippen molar-refractivity contribution in [3.8, 4) is 23.8 Å². The van der Waals surface area contributed by atoms with E-state index in [9.17, 15) is 8.78 Å². The van der Waals surface area contributed by atoms with E-state index in [0.717, 1.165) is 11.1 Å². The molecule has 0 saturated heterocycles. The van der Waals surface area contributed by atoms with Crippen molar-refractivity contribution in [2.45, 2.75) is 13.8 Å². The van der Waals surface area contributed by atoms with E-state index >= 15 is 0 Å². The van der Waals surface area contributed by atoms with Gasteiger partial charge in [-0.3, -0.25) is 0 Å². The van der Waals surface area contributed by atoms with E-state index in [2.05, 4.69) is 21.4 Å². The monoisotopic (exact) mass is 433 g/mol. The fraction of sp³-hybridized carbons (Fsp3) is 0.0909. The van der Waals surface area contributed by atoms with Crippen LogP contribution in [0.15, 0.2) is 35.7 Å². The van der Waals surface area contributed by atoms with E-state index in [0.29, 0.717) is 21.5 Å². The molecule has 0 radical (unpaired) electrons. The summed E-state index contributed by atoms with van der Waals surface area (Å²) in [6.07, 6.45) is 0. The summed E-state index contributed by atoms with van der Waals surface area (Å²) in [7, 11) is 0. The largest absolute Gasteiger partial charge is 0.438 e. The number of nitrogens with one attached hydrogen (secondary N) is 1. The second kappa shape index (κ2) is 7.98. The summed E-state index contributed by atoms with van der Waals surface area (Å²) in [6, 6.07) is 11.3. The molecule has 4 rings (SSSR count). The molecule has 0 unspecified atom stereocenters. The van der Waals surface area contributed by atoms with Gasteiger partial charge in [0.25, 0.3) is 0 Å². The van der Waals surface area contributed by atoms with Crippen molar-refractivity contribution in [1.82, 2.24) is 9.97 Å². The summed E-state index contributed by atoms with van der Waals surface area (Å²) >= 11 is 1.34. The summed E-state index contributed by atoms with van der Waals surface area (Å²) in [5.41, 5.74) is 1.44. The highest BCUT2D eigenvalue weighted by Gasteiger charge is 2.17. The van der Waals surface area contributed by atoms with Crippen molar-refractivity contribution >= 4 is 33.2 Å². The highest BCUT2D eigenvalue weighted by atomic mass is 32.1. The maximum absolute atomic E-state index is 14.3. The zero-order valence-electron chi connectivity index (χ0n) is 16.3. The Kier molecular flexibility index (Phi) is 5.20. The average molecular weight is 433 g/mol. The van der Waals surface area contributed by atoms with E-state index in [4.69, 9.17) is 15.3 Å². The predicted octanol–water partition coefficient (Wildman–Crippen LogP) is 5.87. The molecule has 0 bridgehead atoms. The Morgan fingerprint density at radius 1 is 1.00 bits per heavy atom. The Labute approximate surface area is 180 Å². The van der Waals surface area contributed by atoms with Gasteiger partial charge in [0.1, 0.15) is 16.6 Å². The maximum Gasteiger partial charge on any atom is 0.232 e. The third-order valence-corrected chi connectivity index (χ3v) is 5.33. The zero-order chi connectivity index (χ0) is 22.1. The topological polar surface area (TPSA) is 94.6 Å². The fourth-order valence-corrected chi connectivity index (χ4v) is 3.84. The van der Waals surface area contributed by atoms with Crippen LogP contribution in [-0.2, 0) is 0 Å². The lowest BCUT2D eigenvalue weighted by atomic mass is 10.1. The van der Waals surface area contributed by atoms with E-state index in [1.54, 1.807) is 24.3 Å². The molecular weight excluding hydrogens is 420 g/mol. The minimum absolute atomic E-state index is 0.0110. The summed E-state index contributed by atoms with van der Waals surface area (Å²) in [6.45, 7) is 3.65. The molecular formula is C22H13F2N5OS. The summed E-state index contributed by atoms with van der Waals surface area (Å²) in [4.78, 5) is 9.27. The van der Waals surface area contributed by atoms with Crippen LogP contribution in [0.4, 0.5) is 20.4 Å². The lowest BCUT2D eigenvalue weighted by Crippen LogP contribution is -2.03. The molecule has 152 valence electrons. The van der Waals surface area contributed by atoms with Gasteiger partial charge in [0.15, 0.2) is 11.6 Å². The number of hydrogen-bond donors (Lipinski definition) is 1. The van der Waals surface area contributed by atoms with E-state index in [1.807, 2.05) is 19.2 Å². The zero-order valence-corrected chi connectivity index (χ0v) is 17.1. The maximum atomic E-state index is 14.3. The van der Waals surface area contributed by atoms with Gasteiger partial charge in [-0.05, 0) is 60.7 Å². The summed E-state index contributed by atoms with van der Waals surface area (Å²) < 4.78 is 34.4. The van der Waals surface area contributed by atoms with Crippen LogP contribution in [0.3, 0.4) is 0 Å². The van der Waals surface area contributed by atoms with Gasteiger partial charge in [0, 0.05) is 0 Å². The highest BCUT2D eigenvalue weighted by molar-refractivity contribution is 7.16. The molecule has 0 aliphatic carbocycles. The van der Waals surface area contributed by atoms with Gasteiger partial charge in [0.2, 0.25) is 11.8 Å². The molecule has 9 heteroatoms. The quantitative estimate of drug-likeness (QED) is 0.433. The van der Waals surface area contributed by atoms with Gasteiger partial charge in [-0.1, -0.05) is 0 Å². The Hall–Kier alpha value is -4.08. The number of aromatic nitrogens is 2. The van der Waals surface area contributed by atoms with Crippen LogP contribution in [0, 0.1) is 48.1 Å². The van der Waals surface area contributed by atoms with Crippen molar-refractivity contribution in [3.05, 3.63) is 69.6 Å². The van der Waals surface area contributed by atoms with Crippen molar-refractivity contribution in [1.29, 1.82) is 10.5 Å². The van der Waals surface area contributed by atoms with Gasteiger partial charge >= 0.3 is 0 Å². The van der Waals surface area contributed by atoms with Crippen molar-refractivity contribution < 1.29 is 13.5 Å². The minimum Gasteiger partial charge on any atom is -0.438 e. The van der Waals surface area contributed by atoms with Crippen LogP contribution in [-0.4, -0.2) is 9.97 Å². The van der Waals surface area contributed by atoms with E-state index in [-0.39, 0.29) is 17.5 Å². The number of halogens is 2. The van der Waals surface area contributed by atoms with Crippen LogP contribution < -0.4 is 10.1 Å². The number of aryl methyl sites for hydroxylation is 2. The molecule has 6 nitrogen and oxygen atoms in total. The van der Waals surface area contributed by atoms with Crippen LogP contribution in [0.25, 0.3) is 10.2 Å². The molecule has 4 aromatic rings. The van der Waals surface area contributed by atoms with Crippen molar-refractivity contribution in [2.24, 2.45) is 0 Å². The number of nitrogens with zero attached hydrogens (tertiary/aromatic N) is 4. The molecule has 2 aromatic heterocycles. The summed E-state index contributed by atoms with van der Waals surface area (Å²) in [5, 5.41) is 23.1. The second-order valence-corrected chi connectivity index (χ2v) is 7.56. The molecule has 0 amide bonds. The molecule has 2 heterocycles. The Balaban J connectivity index is 1.76. The third kappa shape index (κ3) is 3.75. The number of rotatable bonds is 4. The smallest absolute Gasteiger partial charge is 0.232 e. The lowest BCUT2D eigenvalue weighted by Gasteiger charge is -2.14. The van der Waals surface area contributed by atoms with Gasteiger partial charge < -0.3 is 10.1 Å². The van der Waals surface area contributed by atoms with Crippen LogP contribution >= 0.6 is 11.3 Å². The highest BCUT2D eigenvalue weighted by Crippen LogP contribution is 2.35. The number of thiophene rings is 1. The molecule has 31 heavy (non-hydrogen) atoms. The molecule has 1 N–H and O–H groups in total. The first-order valence-electron chi connectivity index (χ1n) is 9.01. The average Bonchev–Trinajstić information content (AvgIpc) is 3.23. The van der Waals surface area contributed by atoms with Gasteiger partial charge in [-0.15, -0.1) is 11.3 Å². The van der Waals surface area contributed by atoms with Gasteiger partial charge in [0.05, 0.1) is 28.3 Å². The molecule has 0 fully saturated rings. The SMILES string of the molecule is Cc1cc(C#N)cc(C)c1Oc1nc(Nc2ccc(C#N)c(F)c2F)nc2sccc12. The van der Waals surface area contributed by atoms with Gasteiger partial charge in [-0.2, -0.15) is 15.5 Å². The molecule has 0 aliphatic heterocycles. The normalized spacial score (nSPS) is 10.5. The molecule has 0 saturated carbocycles. The lowest BCUT2D eigenvalue weighted by molar-refractivity contribution is 0.462. The molecule has 0 atom stereocenters. The van der Waals surface area contributed by atoms with Crippen LogP contribution in [0.1, 0.15) is 22.3 Å². The predicted molar refractivity (Wildman–Crippen MR) is 112 cm³/mol. The first-order valence-corrected chi connectivity index (χ1v) is 9.88. The first-order chi connectivity index (χ1) is 14.9. The molecule has 2 aromatic carbocycles. The summed E-state index contributed by atoms with van der Waals surface area (Å²) in [5.74, 6) is -1.65. The number of fused-ring (bicyclic) bond motifs is 1. The Morgan fingerprint density at radius 3 is 2.42 bits per heavy atom. The van der Waals surface area contributed by atoms with Gasteiger partial charge in [-0.25, -0.2) is 13.8 Å². The second-order valence-electron chi connectivity index (χ2n) is 6.67. The standard InChI is InChI=1S/C22H13F2N5OS/c1-11-7-13(9-25)8-12(2)19(11)30-20-15-5-6-31-21(15)29-22(28-20)27-16-4-3-14(10-26)17(23)18(16)24/h3-8H,1-2H3,(H,27,28,29). The van der Waals surface area contributed by atoms with Crippen molar-refractivity contribution in [2.75, 3.05) is 5.32 Å². The Morgan fingerprint density at radius 2 is 1.74 bits per heavy atom.